The first kappa shape index (κ1) is 13.5. The Kier molecular flexibility index (Phi) is 4.50. The highest BCUT2D eigenvalue weighted by atomic mass is 16.4. The van der Waals surface area contributed by atoms with Crippen LogP contribution in [0.2, 0.25) is 0 Å². The third kappa shape index (κ3) is 4.06. The van der Waals surface area contributed by atoms with Crippen molar-refractivity contribution in [1.29, 1.82) is 0 Å². The molecule has 0 aliphatic heterocycles. The predicted octanol–water partition coefficient (Wildman–Crippen LogP) is 3.98. The maximum absolute atomic E-state index is 11.3. The molecule has 0 atom stereocenters. The lowest BCUT2D eigenvalue weighted by Gasteiger charge is -2.20. The maximum Gasteiger partial charge on any atom is 0.335 e. The van der Waals surface area contributed by atoms with E-state index in [9.17, 15) is 9.90 Å². The van der Waals surface area contributed by atoms with Gasteiger partial charge in [-0.05, 0) is 17.4 Å². The zero-order chi connectivity index (χ0) is 12.9. The van der Waals surface area contributed by atoms with E-state index in [1.807, 2.05) is 36.4 Å². The van der Waals surface area contributed by atoms with E-state index >= 15 is 0 Å². The van der Waals surface area contributed by atoms with Crippen molar-refractivity contribution in [2.75, 3.05) is 0 Å². The van der Waals surface area contributed by atoms with Crippen LogP contribution in [-0.4, -0.2) is 11.1 Å². The van der Waals surface area contributed by atoms with Crippen LogP contribution in [0.25, 0.3) is 5.57 Å². The lowest BCUT2D eigenvalue weighted by atomic mass is 9.84. The number of carboxylic acids is 1. The molecule has 2 heteroatoms. The second-order valence-corrected chi connectivity index (χ2v) is 4.97. The van der Waals surface area contributed by atoms with Gasteiger partial charge in [-0.1, -0.05) is 63.6 Å². The summed E-state index contributed by atoms with van der Waals surface area (Å²) in [6.07, 6.45) is 3.90. The van der Waals surface area contributed by atoms with Crippen LogP contribution in [0.1, 0.15) is 39.2 Å². The average Bonchev–Trinajstić information content (AvgIpc) is 2.27. The fraction of sp³-hybridized carbons (Fsp3) is 0.400. The van der Waals surface area contributed by atoms with Crippen molar-refractivity contribution in [3.63, 3.8) is 0 Å². The molecule has 1 aromatic rings. The third-order valence-electron chi connectivity index (χ3n) is 2.74. The summed E-state index contributed by atoms with van der Waals surface area (Å²) in [5.74, 6) is -0.861. The molecular formula is C15H20O2. The minimum absolute atomic E-state index is 0.0850. The van der Waals surface area contributed by atoms with Gasteiger partial charge in [-0.2, -0.15) is 0 Å². The van der Waals surface area contributed by atoms with Gasteiger partial charge in [-0.3, -0.25) is 0 Å². The molecule has 2 nitrogen and oxygen atoms in total. The molecule has 0 radical (unpaired) electrons. The molecule has 92 valence electrons. The van der Waals surface area contributed by atoms with E-state index in [1.165, 1.54) is 0 Å². The Balaban J connectivity index is 3.11. The molecule has 0 aromatic heterocycles. The Morgan fingerprint density at radius 3 is 2.35 bits per heavy atom. The molecule has 0 bridgehead atoms. The zero-order valence-corrected chi connectivity index (χ0v) is 10.7. The van der Waals surface area contributed by atoms with Crippen molar-refractivity contribution in [3.05, 3.63) is 42.0 Å². The summed E-state index contributed by atoms with van der Waals surface area (Å²) in [6.45, 7) is 6.25. The molecule has 1 rings (SSSR count). The molecule has 0 spiro atoms. The standard InChI is InChI=1S/C15H20O2/c1-4-10-15(2,3)11-13(14(16)17)12-8-6-5-7-9-12/h5-9,11H,4,10H2,1-3H3,(H,16,17). The minimum Gasteiger partial charge on any atom is -0.478 e. The van der Waals surface area contributed by atoms with E-state index in [-0.39, 0.29) is 5.41 Å². The van der Waals surface area contributed by atoms with Crippen LogP contribution in [-0.2, 0) is 4.79 Å². The van der Waals surface area contributed by atoms with Crippen molar-refractivity contribution in [2.45, 2.75) is 33.6 Å². The number of carboxylic acid groups (broad SMARTS) is 1. The smallest absolute Gasteiger partial charge is 0.335 e. The number of carbonyl (C=O) groups is 1. The molecule has 0 amide bonds. The van der Waals surface area contributed by atoms with E-state index in [0.29, 0.717) is 5.57 Å². The van der Waals surface area contributed by atoms with Crippen LogP contribution in [0.5, 0.6) is 0 Å². The van der Waals surface area contributed by atoms with Crippen LogP contribution in [0.15, 0.2) is 36.4 Å². The quantitative estimate of drug-likeness (QED) is 0.780. The highest BCUT2D eigenvalue weighted by Gasteiger charge is 2.18. The van der Waals surface area contributed by atoms with E-state index in [1.54, 1.807) is 0 Å². The maximum atomic E-state index is 11.3. The molecule has 0 saturated heterocycles. The number of hydrogen-bond acceptors (Lipinski definition) is 1. The summed E-state index contributed by atoms with van der Waals surface area (Å²) in [5.41, 5.74) is 1.08. The van der Waals surface area contributed by atoms with E-state index in [4.69, 9.17) is 0 Å². The molecule has 0 unspecified atom stereocenters. The fourth-order valence-corrected chi connectivity index (χ4v) is 1.99. The summed E-state index contributed by atoms with van der Waals surface area (Å²) in [6, 6.07) is 9.28. The Hall–Kier alpha value is -1.57. The normalized spacial score (nSPS) is 12.5. The van der Waals surface area contributed by atoms with Crippen LogP contribution in [0.3, 0.4) is 0 Å². The monoisotopic (exact) mass is 232 g/mol. The van der Waals surface area contributed by atoms with E-state index in [2.05, 4.69) is 20.8 Å². The Morgan fingerprint density at radius 1 is 1.29 bits per heavy atom. The second kappa shape index (κ2) is 5.67. The van der Waals surface area contributed by atoms with Gasteiger partial charge in [0.1, 0.15) is 0 Å². The summed E-state index contributed by atoms with van der Waals surface area (Å²) in [5, 5.41) is 9.29. The number of benzene rings is 1. The first-order valence-corrected chi connectivity index (χ1v) is 5.98. The van der Waals surface area contributed by atoms with Gasteiger partial charge < -0.3 is 5.11 Å². The van der Waals surface area contributed by atoms with Crippen LogP contribution < -0.4 is 0 Å². The third-order valence-corrected chi connectivity index (χ3v) is 2.74. The molecule has 1 aromatic carbocycles. The van der Waals surface area contributed by atoms with Crippen LogP contribution in [0, 0.1) is 5.41 Å². The summed E-state index contributed by atoms with van der Waals surface area (Å²) >= 11 is 0. The van der Waals surface area contributed by atoms with Crippen molar-refractivity contribution in [2.24, 2.45) is 5.41 Å². The minimum atomic E-state index is -0.861. The summed E-state index contributed by atoms with van der Waals surface area (Å²) in [7, 11) is 0. The number of allylic oxidation sites excluding steroid dienone is 1. The highest BCUT2D eigenvalue weighted by molar-refractivity contribution is 6.15. The lowest BCUT2D eigenvalue weighted by molar-refractivity contribution is -0.130. The first-order valence-electron chi connectivity index (χ1n) is 5.98. The van der Waals surface area contributed by atoms with Crippen molar-refractivity contribution in [3.8, 4) is 0 Å². The molecule has 1 N–H and O–H groups in total. The number of aliphatic carboxylic acids is 1. The number of rotatable bonds is 5. The average molecular weight is 232 g/mol. The molecule has 0 heterocycles. The van der Waals surface area contributed by atoms with Crippen molar-refractivity contribution >= 4 is 11.5 Å². The fourth-order valence-electron chi connectivity index (χ4n) is 1.99. The molecule has 0 aliphatic carbocycles. The summed E-state index contributed by atoms with van der Waals surface area (Å²) < 4.78 is 0. The summed E-state index contributed by atoms with van der Waals surface area (Å²) in [4.78, 5) is 11.3. The SMILES string of the molecule is CCCC(C)(C)C=C(C(=O)O)c1ccccc1. The molecule has 0 fully saturated rings. The Bertz CT molecular complexity index is 402. The largest absolute Gasteiger partial charge is 0.478 e. The van der Waals surface area contributed by atoms with Gasteiger partial charge in [0, 0.05) is 0 Å². The first-order chi connectivity index (χ1) is 7.96. The van der Waals surface area contributed by atoms with E-state index < -0.39 is 5.97 Å². The van der Waals surface area contributed by atoms with Gasteiger partial charge in [-0.25, -0.2) is 4.79 Å². The van der Waals surface area contributed by atoms with Crippen molar-refractivity contribution < 1.29 is 9.90 Å². The van der Waals surface area contributed by atoms with Gasteiger partial charge >= 0.3 is 5.97 Å². The lowest BCUT2D eigenvalue weighted by Crippen LogP contribution is -2.11. The van der Waals surface area contributed by atoms with Crippen LogP contribution in [0.4, 0.5) is 0 Å². The van der Waals surface area contributed by atoms with Gasteiger partial charge in [0.15, 0.2) is 0 Å². The van der Waals surface area contributed by atoms with Gasteiger partial charge in [0.25, 0.3) is 0 Å². The molecule has 0 aliphatic rings. The number of hydrogen-bond donors (Lipinski definition) is 1. The topological polar surface area (TPSA) is 37.3 Å². The van der Waals surface area contributed by atoms with E-state index in [0.717, 1.165) is 18.4 Å². The highest BCUT2D eigenvalue weighted by Crippen LogP contribution is 2.28. The van der Waals surface area contributed by atoms with Gasteiger partial charge in [0.2, 0.25) is 0 Å². The zero-order valence-electron chi connectivity index (χ0n) is 10.7. The van der Waals surface area contributed by atoms with Crippen LogP contribution >= 0.6 is 0 Å². The van der Waals surface area contributed by atoms with Gasteiger partial charge in [-0.15, -0.1) is 0 Å². The van der Waals surface area contributed by atoms with Crippen molar-refractivity contribution in [1.82, 2.24) is 0 Å². The second-order valence-electron chi connectivity index (χ2n) is 4.97. The van der Waals surface area contributed by atoms with Gasteiger partial charge in [0.05, 0.1) is 5.57 Å². The predicted molar refractivity (Wildman–Crippen MR) is 70.7 cm³/mol. The molecule has 0 saturated carbocycles. The Morgan fingerprint density at radius 2 is 1.88 bits per heavy atom. The Labute approximate surface area is 103 Å². The molecule has 17 heavy (non-hydrogen) atoms. The molecular weight excluding hydrogens is 212 g/mol.